The minimum absolute atomic E-state index is 0.575. The number of aromatic amines is 1. The van der Waals surface area contributed by atoms with Crippen molar-refractivity contribution >= 4 is 12.2 Å². The van der Waals surface area contributed by atoms with E-state index in [2.05, 4.69) is 28.6 Å². The lowest BCUT2D eigenvalue weighted by Gasteiger charge is -2.17. The standard InChI is InChI=1S/C12H21N3S/c1-3-11-13-14-12(16)15(11)10-6-4-5-9(2)7-8-10/h9-10H,3-8H2,1-2H3,(H,14,16). The summed E-state index contributed by atoms with van der Waals surface area (Å²) in [6, 6.07) is 0.575. The third kappa shape index (κ3) is 2.37. The van der Waals surface area contributed by atoms with Crippen molar-refractivity contribution in [2.45, 2.75) is 58.4 Å². The molecule has 1 aliphatic carbocycles. The summed E-state index contributed by atoms with van der Waals surface area (Å²) in [5.74, 6) is 1.99. The Morgan fingerprint density at radius 2 is 2.19 bits per heavy atom. The fourth-order valence-electron chi connectivity index (χ4n) is 2.69. The fourth-order valence-corrected chi connectivity index (χ4v) is 2.99. The SMILES string of the molecule is CCc1n[nH]c(=S)n1C1CCCC(C)CC1. The van der Waals surface area contributed by atoms with Crippen LogP contribution in [-0.2, 0) is 6.42 Å². The van der Waals surface area contributed by atoms with Crippen LogP contribution in [0.25, 0.3) is 0 Å². The summed E-state index contributed by atoms with van der Waals surface area (Å²) in [5.41, 5.74) is 0. The van der Waals surface area contributed by atoms with Crippen LogP contribution in [0.2, 0.25) is 0 Å². The van der Waals surface area contributed by atoms with Gasteiger partial charge in [0.2, 0.25) is 0 Å². The summed E-state index contributed by atoms with van der Waals surface area (Å²) in [6.45, 7) is 4.50. The molecule has 1 saturated carbocycles. The van der Waals surface area contributed by atoms with Gasteiger partial charge in [-0.15, -0.1) is 0 Å². The Hall–Kier alpha value is -0.640. The maximum absolute atomic E-state index is 5.34. The second kappa shape index (κ2) is 5.13. The molecular formula is C12H21N3S. The van der Waals surface area contributed by atoms with E-state index in [-0.39, 0.29) is 0 Å². The molecule has 0 amide bonds. The van der Waals surface area contributed by atoms with Crippen molar-refractivity contribution in [3.8, 4) is 0 Å². The van der Waals surface area contributed by atoms with Gasteiger partial charge < -0.3 is 4.57 Å². The van der Waals surface area contributed by atoms with Crippen molar-refractivity contribution in [2.24, 2.45) is 5.92 Å². The largest absolute Gasteiger partial charge is 0.301 e. The van der Waals surface area contributed by atoms with E-state index in [4.69, 9.17) is 12.2 Å². The zero-order valence-electron chi connectivity index (χ0n) is 10.2. The molecule has 16 heavy (non-hydrogen) atoms. The van der Waals surface area contributed by atoms with Gasteiger partial charge in [-0.3, -0.25) is 5.10 Å². The molecule has 1 fully saturated rings. The van der Waals surface area contributed by atoms with Crippen LogP contribution < -0.4 is 0 Å². The third-order valence-electron chi connectivity index (χ3n) is 3.69. The lowest BCUT2D eigenvalue weighted by atomic mass is 10.0. The molecule has 0 radical (unpaired) electrons. The van der Waals surface area contributed by atoms with Gasteiger partial charge in [0.25, 0.3) is 0 Å². The summed E-state index contributed by atoms with van der Waals surface area (Å²) in [5, 5.41) is 7.24. The van der Waals surface area contributed by atoms with Gasteiger partial charge in [0.05, 0.1) is 0 Å². The zero-order valence-corrected chi connectivity index (χ0v) is 11.0. The van der Waals surface area contributed by atoms with Crippen LogP contribution in [0, 0.1) is 10.7 Å². The van der Waals surface area contributed by atoms with E-state index in [1.165, 1.54) is 32.1 Å². The van der Waals surface area contributed by atoms with E-state index in [0.29, 0.717) is 6.04 Å². The Morgan fingerprint density at radius 1 is 1.38 bits per heavy atom. The van der Waals surface area contributed by atoms with Crippen molar-refractivity contribution in [3.05, 3.63) is 10.6 Å². The van der Waals surface area contributed by atoms with Crippen LogP contribution in [0.15, 0.2) is 0 Å². The zero-order chi connectivity index (χ0) is 11.5. The Morgan fingerprint density at radius 3 is 2.94 bits per heavy atom. The molecule has 0 aromatic carbocycles. The van der Waals surface area contributed by atoms with Gasteiger partial charge >= 0.3 is 0 Å². The Balaban J connectivity index is 2.22. The second-order valence-electron chi connectivity index (χ2n) is 4.94. The molecule has 0 bridgehead atoms. The molecule has 0 saturated heterocycles. The van der Waals surface area contributed by atoms with E-state index in [1.807, 2.05) is 0 Å². The average molecular weight is 239 g/mol. The number of aryl methyl sites for hydroxylation is 1. The van der Waals surface area contributed by atoms with E-state index in [0.717, 1.165) is 22.9 Å². The molecule has 0 spiro atoms. The molecule has 2 rings (SSSR count). The van der Waals surface area contributed by atoms with Crippen LogP contribution in [0.3, 0.4) is 0 Å². The predicted molar refractivity (Wildman–Crippen MR) is 68.1 cm³/mol. The average Bonchev–Trinajstić information content (AvgIpc) is 2.51. The number of nitrogens with zero attached hydrogens (tertiary/aromatic N) is 2. The molecule has 90 valence electrons. The van der Waals surface area contributed by atoms with E-state index < -0.39 is 0 Å². The van der Waals surface area contributed by atoms with E-state index >= 15 is 0 Å². The number of H-pyrrole nitrogens is 1. The highest BCUT2D eigenvalue weighted by Crippen LogP contribution is 2.31. The summed E-state index contributed by atoms with van der Waals surface area (Å²) in [4.78, 5) is 0. The van der Waals surface area contributed by atoms with Gasteiger partial charge in [0, 0.05) is 12.5 Å². The molecule has 0 aliphatic heterocycles. The molecule has 1 N–H and O–H groups in total. The van der Waals surface area contributed by atoms with Crippen molar-refractivity contribution in [1.82, 2.24) is 14.8 Å². The topological polar surface area (TPSA) is 33.6 Å². The van der Waals surface area contributed by atoms with Crippen LogP contribution in [-0.4, -0.2) is 14.8 Å². The Bertz CT molecular complexity index is 393. The van der Waals surface area contributed by atoms with Crippen LogP contribution in [0.1, 0.15) is 57.8 Å². The maximum Gasteiger partial charge on any atom is 0.195 e. The molecule has 2 atom stereocenters. The van der Waals surface area contributed by atoms with Crippen LogP contribution in [0.5, 0.6) is 0 Å². The number of hydrogen-bond donors (Lipinski definition) is 1. The highest BCUT2D eigenvalue weighted by Gasteiger charge is 2.20. The molecule has 3 nitrogen and oxygen atoms in total. The molecule has 1 heterocycles. The summed E-state index contributed by atoms with van der Waals surface area (Å²) in [6.07, 6.45) is 7.47. The lowest BCUT2D eigenvalue weighted by molar-refractivity contribution is 0.418. The van der Waals surface area contributed by atoms with Gasteiger partial charge in [-0.05, 0) is 37.4 Å². The van der Waals surface area contributed by atoms with Gasteiger partial charge in [-0.2, -0.15) is 5.10 Å². The first-order chi connectivity index (χ1) is 7.72. The Kier molecular flexibility index (Phi) is 3.79. The first-order valence-corrected chi connectivity index (χ1v) is 6.79. The molecule has 2 unspecified atom stereocenters. The van der Waals surface area contributed by atoms with Gasteiger partial charge in [0.15, 0.2) is 4.77 Å². The van der Waals surface area contributed by atoms with Gasteiger partial charge in [0.1, 0.15) is 5.82 Å². The summed E-state index contributed by atoms with van der Waals surface area (Å²) >= 11 is 5.34. The minimum Gasteiger partial charge on any atom is -0.301 e. The number of rotatable bonds is 2. The normalized spacial score (nSPS) is 26.6. The molecule has 1 aromatic rings. The van der Waals surface area contributed by atoms with Gasteiger partial charge in [-0.25, -0.2) is 0 Å². The van der Waals surface area contributed by atoms with Crippen LogP contribution >= 0.6 is 12.2 Å². The monoisotopic (exact) mass is 239 g/mol. The number of nitrogens with one attached hydrogen (secondary N) is 1. The molecule has 1 aliphatic rings. The molecular weight excluding hydrogens is 218 g/mol. The summed E-state index contributed by atoms with van der Waals surface area (Å²) < 4.78 is 3.06. The van der Waals surface area contributed by atoms with Crippen molar-refractivity contribution in [1.29, 1.82) is 0 Å². The molecule has 4 heteroatoms. The summed E-state index contributed by atoms with van der Waals surface area (Å²) in [7, 11) is 0. The van der Waals surface area contributed by atoms with E-state index in [9.17, 15) is 0 Å². The lowest BCUT2D eigenvalue weighted by Crippen LogP contribution is -2.11. The highest BCUT2D eigenvalue weighted by atomic mass is 32.1. The second-order valence-corrected chi connectivity index (χ2v) is 5.32. The van der Waals surface area contributed by atoms with Gasteiger partial charge in [-0.1, -0.05) is 26.7 Å². The minimum atomic E-state index is 0.575. The first-order valence-electron chi connectivity index (χ1n) is 6.38. The van der Waals surface area contributed by atoms with E-state index in [1.54, 1.807) is 0 Å². The maximum atomic E-state index is 5.34. The Labute approximate surface area is 102 Å². The quantitative estimate of drug-likeness (QED) is 0.631. The first kappa shape index (κ1) is 11.8. The third-order valence-corrected chi connectivity index (χ3v) is 3.97. The van der Waals surface area contributed by atoms with Crippen molar-refractivity contribution in [2.75, 3.05) is 0 Å². The molecule has 1 aromatic heterocycles. The van der Waals surface area contributed by atoms with Crippen molar-refractivity contribution in [3.63, 3.8) is 0 Å². The number of aromatic nitrogens is 3. The smallest absolute Gasteiger partial charge is 0.195 e. The highest BCUT2D eigenvalue weighted by molar-refractivity contribution is 7.71. The van der Waals surface area contributed by atoms with Crippen LogP contribution in [0.4, 0.5) is 0 Å². The number of hydrogen-bond acceptors (Lipinski definition) is 2. The predicted octanol–water partition coefficient (Wildman–Crippen LogP) is 3.64. The van der Waals surface area contributed by atoms with Crippen molar-refractivity contribution < 1.29 is 0 Å². The fraction of sp³-hybridized carbons (Fsp3) is 0.833.